The largest absolute Gasteiger partial charge is 0.390 e. The van der Waals surface area contributed by atoms with Gasteiger partial charge in [-0.1, -0.05) is 30.4 Å². The maximum atomic E-state index is 13.8. The molecule has 1 amide bonds. The standard InChI is InChI=1S/C31H37F2N3O3/c32-23-14-22(15-24(33)18-23)17-28-29(37)20-35-27-19-30(39-13-7-3-1-2-4-9-31(38)36-28)25-11-10-21(16-26(25)27)8-5-6-12-34/h3,7,10-11,14-16,18,27-30,35,37H,1-2,4-6,8-9,13,17,19-20H2,(H,36,38)/b7-3+/t27-,28-,29+,30+/m0/s1. The first-order valence-electron chi connectivity index (χ1n) is 13.8. The Labute approximate surface area is 229 Å². The molecule has 0 saturated carbocycles. The van der Waals surface area contributed by atoms with E-state index in [0.717, 1.165) is 48.4 Å². The normalized spacial score (nSPS) is 25.2. The summed E-state index contributed by atoms with van der Waals surface area (Å²) in [6, 6.07) is 11.0. The Bertz CT molecular complexity index is 1180. The predicted molar refractivity (Wildman–Crippen MR) is 145 cm³/mol. The van der Waals surface area contributed by atoms with Crippen LogP contribution < -0.4 is 10.6 Å². The van der Waals surface area contributed by atoms with Crippen LogP contribution in [0, 0.1) is 23.0 Å². The lowest BCUT2D eigenvalue weighted by Gasteiger charge is -2.26. The average molecular weight is 538 g/mol. The Morgan fingerprint density at radius 3 is 2.67 bits per heavy atom. The molecule has 0 aromatic heterocycles. The van der Waals surface area contributed by atoms with Crippen LogP contribution in [0.25, 0.3) is 0 Å². The smallest absolute Gasteiger partial charge is 0.220 e. The van der Waals surface area contributed by atoms with Crippen molar-refractivity contribution in [3.05, 3.63) is 82.4 Å². The number of amides is 1. The molecule has 0 radical (unpaired) electrons. The number of aryl methyl sites for hydroxylation is 1. The number of nitrogens with zero attached hydrogens (tertiary/aromatic N) is 1. The number of aliphatic hydroxyl groups excluding tert-OH is 1. The van der Waals surface area contributed by atoms with Crippen LogP contribution in [0.2, 0.25) is 0 Å². The molecule has 1 heterocycles. The number of hydrogen-bond acceptors (Lipinski definition) is 5. The van der Waals surface area contributed by atoms with Gasteiger partial charge in [0.05, 0.1) is 30.9 Å². The number of benzene rings is 2. The first-order chi connectivity index (χ1) is 18.9. The number of allylic oxidation sites excluding steroid dienone is 1. The molecule has 208 valence electrons. The monoisotopic (exact) mass is 537 g/mol. The summed E-state index contributed by atoms with van der Waals surface area (Å²) in [5.74, 6) is -1.58. The average Bonchev–Trinajstić information content (AvgIpc) is 3.24. The van der Waals surface area contributed by atoms with E-state index in [9.17, 15) is 18.7 Å². The number of rotatable bonds is 5. The third kappa shape index (κ3) is 8.43. The van der Waals surface area contributed by atoms with Gasteiger partial charge in [0.25, 0.3) is 0 Å². The Morgan fingerprint density at radius 1 is 1.05 bits per heavy atom. The van der Waals surface area contributed by atoms with Gasteiger partial charge in [-0.3, -0.25) is 4.79 Å². The summed E-state index contributed by atoms with van der Waals surface area (Å²) in [6.45, 7) is 0.675. The van der Waals surface area contributed by atoms with E-state index in [4.69, 9.17) is 10.00 Å². The molecule has 4 rings (SSSR count). The molecular weight excluding hydrogens is 500 g/mol. The van der Waals surface area contributed by atoms with Gasteiger partial charge in [0.15, 0.2) is 0 Å². The molecule has 2 bridgehead atoms. The number of hydrogen-bond donors (Lipinski definition) is 3. The summed E-state index contributed by atoms with van der Waals surface area (Å²) in [4.78, 5) is 12.7. The van der Waals surface area contributed by atoms with Crippen molar-refractivity contribution < 1.29 is 23.4 Å². The second-order valence-corrected chi connectivity index (χ2v) is 10.4. The molecule has 39 heavy (non-hydrogen) atoms. The number of fused-ring (bicyclic) bond motifs is 5. The van der Waals surface area contributed by atoms with E-state index in [2.05, 4.69) is 41.0 Å². The molecule has 6 nitrogen and oxygen atoms in total. The van der Waals surface area contributed by atoms with E-state index in [1.54, 1.807) is 0 Å². The van der Waals surface area contributed by atoms with E-state index in [1.165, 1.54) is 12.1 Å². The van der Waals surface area contributed by atoms with Gasteiger partial charge in [0, 0.05) is 31.5 Å². The van der Waals surface area contributed by atoms with Crippen molar-refractivity contribution in [1.82, 2.24) is 10.6 Å². The summed E-state index contributed by atoms with van der Waals surface area (Å²) >= 11 is 0. The molecule has 3 N–H and O–H groups in total. The van der Waals surface area contributed by atoms with Crippen LogP contribution in [0.15, 0.2) is 48.6 Å². The molecule has 2 aromatic rings. The number of carbonyl (C=O) groups is 1. The minimum absolute atomic E-state index is 0.0711. The predicted octanol–water partition coefficient (Wildman–Crippen LogP) is 5.12. The van der Waals surface area contributed by atoms with E-state index in [-0.39, 0.29) is 31.0 Å². The quantitative estimate of drug-likeness (QED) is 0.364. The Hall–Kier alpha value is -3.12. The fraction of sp³-hybridized carbons (Fsp3) is 0.484. The maximum Gasteiger partial charge on any atom is 0.220 e. The molecular formula is C31H37F2N3O3. The molecule has 0 unspecified atom stereocenters. The molecule has 1 aliphatic heterocycles. The van der Waals surface area contributed by atoms with Gasteiger partial charge in [0.1, 0.15) is 11.6 Å². The van der Waals surface area contributed by atoms with Gasteiger partial charge in [0.2, 0.25) is 5.91 Å². The number of halogens is 2. The molecule has 0 fully saturated rings. The van der Waals surface area contributed by atoms with Gasteiger partial charge in [-0.2, -0.15) is 5.26 Å². The lowest BCUT2D eigenvalue weighted by Crippen LogP contribution is -2.49. The summed E-state index contributed by atoms with van der Waals surface area (Å²) < 4.78 is 33.9. The highest BCUT2D eigenvalue weighted by molar-refractivity contribution is 5.76. The minimum Gasteiger partial charge on any atom is -0.390 e. The van der Waals surface area contributed by atoms with Crippen molar-refractivity contribution in [2.45, 2.75) is 82.1 Å². The van der Waals surface area contributed by atoms with Crippen molar-refractivity contribution >= 4 is 5.91 Å². The van der Waals surface area contributed by atoms with E-state index in [1.807, 2.05) is 6.08 Å². The molecule has 1 aliphatic carbocycles. The van der Waals surface area contributed by atoms with Crippen molar-refractivity contribution in [2.24, 2.45) is 0 Å². The molecule has 0 saturated heterocycles. The summed E-state index contributed by atoms with van der Waals surface area (Å²) in [5.41, 5.74) is 3.74. The van der Waals surface area contributed by atoms with E-state index in [0.29, 0.717) is 37.9 Å². The van der Waals surface area contributed by atoms with Crippen LogP contribution in [-0.4, -0.2) is 36.3 Å². The SMILES string of the molecule is N#CCCCc1ccc2c(c1)[C@@H]1C[C@H]2OC/C=C/CCCCC(=O)N[C@@H](Cc2cc(F)cc(F)c2)[C@H](O)CN1. The van der Waals surface area contributed by atoms with Gasteiger partial charge in [-0.15, -0.1) is 0 Å². The van der Waals surface area contributed by atoms with Crippen LogP contribution in [0.1, 0.15) is 79.3 Å². The van der Waals surface area contributed by atoms with Gasteiger partial charge >= 0.3 is 0 Å². The molecule has 8 heteroatoms. The van der Waals surface area contributed by atoms with Crippen LogP contribution >= 0.6 is 0 Å². The topological polar surface area (TPSA) is 94.4 Å². The van der Waals surface area contributed by atoms with Crippen LogP contribution in [0.3, 0.4) is 0 Å². The van der Waals surface area contributed by atoms with Gasteiger partial charge < -0.3 is 20.5 Å². The highest BCUT2D eigenvalue weighted by atomic mass is 19.1. The van der Waals surface area contributed by atoms with E-state index < -0.39 is 23.8 Å². The zero-order chi connectivity index (χ0) is 27.6. The molecule has 2 aliphatic rings. The number of β-amino-alcohol motifs (C(OH)–C–C–N with tert-alkyl or cyclic N) is 1. The summed E-state index contributed by atoms with van der Waals surface area (Å²) in [7, 11) is 0. The lowest BCUT2D eigenvalue weighted by atomic mass is 9.99. The maximum absolute atomic E-state index is 13.8. The highest BCUT2D eigenvalue weighted by Gasteiger charge is 2.33. The van der Waals surface area contributed by atoms with Gasteiger partial charge in [-0.05, 0) is 79.3 Å². The Kier molecular flexibility index (Phi) is 10.6. The van der Waals surface area contributed by atoms with Crippen molar-refractivity contribution in [3.63, 3.8) is 0 Å². The molecule has 0 spiro atoms. The fourth-order valence-electron chi connectivity index (χ4n) is 5.42. The zero-order valence-electron chi connectivity index (χ0n) is 22.2. The first-order valence-corrected chi connectivity index (χ1v) is 13.8. The number of nitrogens with one attached hydrogen (secondary N) is 2. The number of carbonyl (C=O) groups excluding carboxylic acids is 1. The number of ether oxygens (including phenoxy) is 1. The van der Waals surface area contributed by atoms with Crippen molar-refractivity contribution in [2.75, 3.05) is 13.2 Å². The van der Waals surface area contributed by atoms with Crippen LogP contribution in [0.5, 0.6) is 0 Å². The molecule has 4 atom stereocenters. The zero-order valence-corrected chi connectivity index (χ0v) is 22.2. The Morgan fingerprint density at radius 2 is 1.87 bits per heavy atom. The Balaban J connectivity index is 1.54. The lowest BCUT2D eigenvalue weighted by molar-refractivity contribution is -0.122. The third-order valence-electron chi connectivity index (χ3n) is 7.42. The molecule has 2 aromatic carbocycles. The van der Waals surface area contributed by atoms with Crippen molar-refractivity contribution in [1.29, 1.82) is 5.26 Å². The summed E-state index contributed by atoms with van der Waals surface area (Å²) in [6.07, 6.45) is 8.61. The number of unbranched alkanes of at least 4 members (excludes halogenated alkanes) is 1. The highest BCUT2D eigenvalue weighted by Crippen LogP contribution is 2.41. The van der Waals surface area contributed by atoms with Crippen LogP contribution in [-0.2, 0) is 22.4 Å². The minimum atomic E-state index is -0.986. The number of nitriles is 1. The van der Waals surface area contributed by atoms with E-state index >= 15 is 0 Å². The second-order valence-electron chi connectivity index (χ2n) is 10.4. The van der Waals surface area contributed by atoms with Gasteiger partial charge in [-0.25, -0.2) is 8.78 Å². The second kappa shape index (κ2) is 14.3. The number of aliphatic hydroxyl groups is 1. The fourth-order valence-corrected chi connectivity index (χ4v) is 5.42. The van der Waals surface area contributed by atoms with Crippen LogP contribution in [0.4, 0.5) is 8.78 Å². The third-order valence-corrected chi connectivity index (χ3v) is 7.42. The summed E-state index contributed by atoms with van der Waals surface area (Å²) in [5, 5.41) is 26.4. The van der Waals surface area contributed by atoms with Crippen molar-refractivity contribution in [3.8, 4) is 6.07 Å². The first kappa shape index (κ1) is 28.9.